The van der Waals surface area contributed by atoms with Crippen LogP contribution >= 0.6 is 0 Å². The molecule has 1 aromatic heterocycles. The van der Waals surface area contributed by atoms with Crippen LogP contribution in [0.25, 0.3) is 0 Å². The number of rotatable bonds is 5. The van der Waals surface area contributed by atoms with Gasteiger partial charge in [-0.2, -0.15) is 0 Å². The van der Waals surface area contributed by atoms with Gasteiger partial charge in [-0.05, 0) is 33.3 Å². The number of aryl methyl sites for hydroxylation is 1. The van der Waals surface area contributed by atoms with Crippen molar-refractivity contribution in [2.75, 3.05) is 0 Å². The molecule has 0 aliphatic carbocycles. The average molecular weight is 254 g/mol. The summed E-state index contributed by atoms with van der Waals surface area (Å²) in [7, 11) is -1.95. The summed E-state index contributed by atoms with van der Waals surface area (Å²) in [4.78, 5) is 8.10. The molecule has 6 nitrogen and oxygen atoms in total. The predicted molar refractivity (Wildman–Crippen MR) is 66.5 cm³/mol. The van der Waals surface area contributed by atoms with Gasteiger partial charge in [-0.15, -0.1) is 0 Å². The summed E-state index contributed by atoms with van der Waals surface area (Å²) in [5.41, 5.74) is -1.69. The molecule has 0 spiro atoms. The van der Waals surface area contributed by atoms with E-state index in [1.807, 2.05) is 0 Å². The van der Waals surface area contributed by atoms with E-state index in [0.29, 0.717) is 5.82 Å². The second-order valence-corrected chi connectivity index (χ2v) is 5.05. The van der Waals surface area contributed by atoms with E-state index in [2.05, 4.69) is 9.97 Å². The highest BCUT2D eigenvalue weighted by Gasteiger charge is 2.43. The molecule has 0 saturated carbocycles. The molecule has 0 aliphatic heterocycles. The summed E-state index contributed by atoms with van der Waals surface area (Å²) in [6.45, 7) is 6.47. The maximum absolute atomic E-state index is 10.1. The minimum Gasteiger partial charge on any atom is -0.402 e. The van der Waals surface area contributed by atoms with Crippen molar-refractivity contribution in [3.63, 3.8) is 0 Å². The van der Waals surface area contributed by atoms with Crippen molar-refractivity contribution in [1.29, 1.82) is 0 Å². The van der Waals surface area contributed by atoms with E-state index in [-0.39, 0.29) is 6.42 Å². The van der Waals surface area contributed by atoms with E-state index in [4.69, 9.17) is 14.7 Å². The van der Waals surface area contributed by atoms with Crippen LogP contribution in [0.4, 0.5) is 0 Å². The van der Waals surface area contributed by atoms with Gasteiger partial charge >= 0.3 is 7.32 Å². The molecule has 100 valence electrons. The first-order valence-corrected chi connectivity index (χ1v) is 5.68. The van der Waals surface area contributed by atoms with Crippen LogP contribution in [0.1, 0.15) is 32.2 Å². The zero-order valence-corrected chi connectivity index (χ0v) is 11.1. The van der Waals surface area contributed by atoms with E-state index >= 15 is 0 Å². The van der Waals surface area contributed by atoms with Crippen LogP contribution in [0.3, 0.4) is 0 Å². The molecular weight excluding hydrogens is 235 g/mol. The summed E-state index contributed by atoms with van der Waals surface area (Å²) < 4.78 is 5.04. The third-order valence-corrected chi connectivity index (χ3v) is 3.04. The van der Waals surface area contributed by atoms with Gasteiger partial charge in [-0.3, -0.25) is 0 Å². The van der Waals surface area contributed by atoms with Crippen molar-refractivity contribution in [3.05, 3.63) is 23.8 Å². The van der Waals surface area contributed by atoms with Gasteiger partial charge in [0.25, 0.3) is 0 Å². The fraction of sp³-hybridized carbons (Fsp3) is 0.636. The number of aliphatic hydroxyl groups is 1. The van der Waals surface area contributed by atoms with Crippen LogP contribution in [0.5, 0.6) is 0 Å². The SMILES string of the molecule is Cc1ncc(CC(C)(OB(O)O)C(C)(C)O)cn1. The van der Waals surface area contributed by atoms with E-state index < -0.39 is 18.5 Å². The Labute approximate surface area is 107 Å². The molecule has 1 heterocycles. The van der Waals surface area contributed by atoms with Gasteiger partial charge in [-0.25, -0.2) is 9.97 Å². The Hall–Kier alpha value is -1.02. The third kappa shape index (κ3) is 3.74. The van der Waals surface area contributed by atoms with Gasteiger partial charge in [0.1, 0.15) is 5.82 Å². The minimum atomic E-state index is -1.95. The molecule has 0 saturated heterocycles. The highest BCUT2D eigenvalue weighted by Crippen LogP contribution is 2.29. The van der Waals surface area contributed by atoms with Crippen LogP contribution in [0.2, 0.25) is 0 Å². The van der Waals surface area contributed by atoms with Gasteiger partial charge in [0, 0.05) is 18.8 Å². The molecule has 0 fully saturated rings. The summed E-state index contributed by atoms with van der Waals surface area (Å²) >= 11 is 0. The lowest BCUT2D eigenvalue weighted by Gasteiger charge is -2.40. The Balaban J connectivity index is 2.95. The van der Waals surface area contributed by atoms with Gasteiger partial charge < -0.3 is 19.8 Å². The molecule has 0 amide bonds. The van der Waals surface area contributed by atoms with Crippen molar-refractivity contribution >= 4 is 7.32 Å². The molecule has 1 unspecified atom stereocenters. The number of aromatic nitrogens is 2. The monoisotopic (exact) mass is 254 g/mol. The smallest absolute Gasteiger partial charge is 0.402 e. The molecule has 1 rings (SSSR count). The molecule has 0 radical (unpaired) electrons. The summed E-state index contributed by atoms with van der Waals surface area (Å²) in [5, 5.41) is 28.0. The molecule has 7 heteroatoms. The minimum absolute atomic E-state index is 0.258. The topological polar surface area (TPSA) is 95.7 Å². The standard InChI is InChI=1S/C11H19BN2O4/c1-8-13-6-9(7-14-8)5-11(4,10(2,3)15)18-12(16)17/h6-7,15-17H,5H2,1-4H3. The Morgan fingerprint density at radius 3 is 2.11 bits per heavy atom. The van der Waals surface area contributed by atoms with E-state index in [1.165, 1.54) is 0 Å². The molecule has 1 atom stereocenters. The summed E-state index contributed by atoms with van der Waals surface area (Å²) in [6.07, 6.45) is 3.51. The van der Waals surface area contributed by atoms with Gasteiger partial charge in [0.05, 0.1) is 11.2 Å². The molecule has 18 heavy (non-hydrogen) atoms. The maximum atomic E-state index is 10.1. The first-order chi connectivity index (χ1) is 8.14. The summed E-state index contributed by atoms with van der Waals surface area (Å²) in [6, 6.07) is 0. The fourth-order valence-corrected chi connectivity index (χ4v) is 1.53. The van der Waals surface area contributed by atoms with E-state index in [9.17, 15) is 5.11 Å². The van der Waals surface area contributed by atoms with Gasteiger partial charge in [0.15, 0.2) is 0 Å². The van der Waals surface area contributed by atoms with Crippen molar-refractivity contribution in [2.24, 2.45) is 0 Å². The second kappa shape index (κ2) is 5.32. The molecule has 1 aromatic rings. The van der Waals surface area contributed by atoms with Crippen molar-refractivity contribution in [2.45, 2.75) is 45.3 Å². The number of nitrogens with zero attached hydrogens (tertiary/aromatic N) is 2. The molecule has 0 aliphatic rings. The Kier molecular flexibility index (Phi) is 4.44. The largest absolute Gasteiger partial charge is 0.634 e. The molecule has 0 aromatic carbocycles. The highest BCUT2D eigenvalue weighted by molar-refractivity contribution is 6.32. The first kappa shape index (κ1) is 15.0. The second-order valence-electron chi connectivity index (χ2n) is 5.05. The third-order valence-electron chi connectivity index (χ3n) is 3.04. The van der Waals surface area contributed by atoms with Crippen molar-refractivity contribution in [1.82, 2.24) is 9.97 Å². The lowest BCUT2D eigenvalue weighted by Crippen LogP contribution is -2.54. The normalized spacial score (nSPS) is 15.3. The van der Waals surface area contributed by atoms with Crippen LogP contribution in [0.15, 0.2) is 12.4 Å². The quantitative estimate of drug-likeness (QED) is 0.632. The first-order valence-electron chi connectivity index (χ1n) is 5.68. The lowest BCUT2D eigenvalue weighted by atomic mass is 9.81. The fourth-order valence-electron chi connectivity index (χ4n) is 1.53. The molecule has 3 N–H and O–H groups in total. The average Bonchev–Trinajstić information content (AvgIpc) is 2.18. The zero-order valence-electron chi connectivity index (χ0n) is 11.1. The zero-order chi connectivity index (χ0) is 14.0. The van der Waals surface area contributed by atoms with Crippen LogP contribution < -0.4 is 0 Å². The predicted octanol–water partition coefficient (Wildman–Crippen LogP) is -0.157. The Morgan fingerprint density at radius 2 is 1.72 bits per heavy atom. The lowest BCUT2D eigenvalue weighted by molar-refractivity contribution is -0.120. The van der Waals surface area contributed by atoms with Crippen LogP contribution in [0, 0.1) is 6.92 Å². The molecule has 0 bridgehead atoms. The van der Waals surface area contributed by atoms with Crippen molar-refractivity contribution < 1.29 is 19.8 Å². The maximum Gasteiger partial charge on any atom is 0.634 e. The summed E-state index contributed by atoms with van der Waals surface area (Å²) in [5.74, 6) is 0.645. The Bertz CT molecular complexity index is 391. The van der Waals surface area contributed by atoms with Gasteiger partial charge in [0.2, 0.25) is 0 Å². The number of hydrogen-bond donors (Lipinski definition) is 3. The Morgan fingerprint density at radius 1 is 1.22 bits per heavy atom. The van der Waals surface area contributed by atoms with Gasteiger partial charge in [-0.1, -0.05) is 0 Å². The van der Waals surface area contributed by atoms with Crippen LogP contribution in [-0.2, 0) is 11.1 Å². The molecular formula is C11H19BN2O4. The number of hydrogen-bond acceptors (Lipinski definition) is 6. The van der Waals surface area contributed by atoms with Crippen LogP contribution in [-0.4, -0.2) is 43.6 Å². The highest BCUT2D eigenvalue weighted by atomic mass is 16.6. The van der Waals surface area contributed by atoms with E-state index in [0.717, 1.165) is 5.56 Å². The van der Waals surface area contributed by atoms with E-state index in [1.54, 1.807) is 40.1 Å². The van der Waals surface area contributed by atoms with Crippen molar-refractivity contribution in [3.8, 4) is 0 Å².